The second kappa shape index (κ2) is 7.94. The Labute approximate surface area is 163 Å². The summed E-state index contributed by atoms with van der Waals surface area (Å²) in [6.07, 6.45) is 1.65. The molecule has 0 saturated carbocycles. The number of ether oxygens (including phenoxy) is 1. The zero-order valence-electron chi connectivity index (χ0n) is 15.9. The minimum Gasteiger partial charge on any atom is -0.497 e. The molecular formula is C22H25N3O3. The molecule has 146 valence electrons. The second-order valence-electron chi connectivity index (χ2n) is 7.22. The summed E-state index contributed by atoms with van der Waals surface area (Å²) in [6.45, 7) is 2.10. The van der Waals surface area contributed by atoms with Crippen molar-refractivity contribution in [2.75, 3.05) is 30.4 Å². The van der Waals surface area contributed by atoms with Gasteiger partial charge >= 0.3 is 0 Å². The molecule has 0 spiro atoms. The molecule has 0 aliphatic carbocycles. The van der Waals surface area contributed by atoms with Crippen molar-refractivity contribution in [2.24, 2.45) is 0 Å². The van der Waals surface area contributed by atoms with Gasteiger partial charge in [-0.2, -0.15) is 0 Å². The number of aliphatic hydroxyl groups excluding tert-OH is 1. The maximum atomic E-state index is 12.4. The minimum atomic E-state index is -0.244. The van der Waals surface area contributed by atoms with E-state index in [2.05, 4.69) is 27.3 Å². The Bertz CT molecular complexity index is 1010. The van der Waals surface area contributed by atoms with E-state index in [4.69, 9.17) is 4.74 Å². The van der Waals surface area contributed by atoms with E-state index < -0.39 is 0 Å². The van der Waals surface area contributed by atoms with Gasteiger partial charge in [0.2, 0.25) is 0 Å². The van der Waals surface area contributed by atoms with Crippen LogP contribution in [0.5, 0.6) is 5.75 Å². The van der Waals surface area contributed by atoms with Crippen molar-refractivity contribution in [2.45, 2.75) is 25.5 Å². The Morgan fingerprint density at radius 1 is 1.21 bits per heavy atom. The van der Waals surface area contributed by atoms with Crippen LogP contribution in [0.25, 0.3) is 10.9 Å². The molecule has 6 heteroatoms. The number of hydrogen-bond acceptors (Lipinski definition) is 5. The fourth-order valence-electron chi connectivity index (χ4n) is 3.66. The van der Waals surface area contributed by atoms with Crippen molar-refractivity contribution >= 4 is 22.3 Å². The summed E-state index contributed by atoms with van der Waals surface area (Å²) in [5.41, 5.74) is 3.41. The first-order valence-electron chi connectivity index (χ1n) is 9.59. The monoisotopic (exact) mass is 379 g/mol. The first-order chi connectivity index (χ1) is 13.6. The molecule has 28 heavy (non-hydrogen) atoms. The van der Waals surface area contributed by atoms with Crippen LogP contribution in [0.15, 0.2) is 53.3 Å². The van der Waals surface area contributed by atoms with E-state index in [0.29, 0.717) is 18.7 Å². The molecule has 0 radical (unpaired) electrons. The predicted molar refractivity (Wildman–Crippen MR) is 112 cm³/mol. The number of rotatable bonds is 5. The summed E-state index contributed by atoms with van der Waals surface area (Å²) in [7, 11) is 1.61. The van der Waals surface area contributed by atoms with E-state index in [1.54, 1.807) is 7.11 Å². The molecule has 0 amide bonds. The number of hydrogen-bond donors (Lipinski definition) is 3. The molecule has 6 nitrogen and oxygen atoms in total. The maximum absolute atomic E-state index is 12.4. The zero-order valence-corrected chi connectivity index (χ0v) is 15.9. The molecule has 1 atom stereocenters. The van der Waals surface area contributed by atoms with Gasteiger partial charge in [0.05, 0.1) is 18.7 Å². The number of aliphatic hydroxyl groups is 1. The number of aromatic amines is 1. The van der Waals surface area contributed by atoms with Crippen LogP contribution in [-0.4, -0.2) is 36.4 Å². The van der Waals surface area contributed by atoms with Gasteiger partial charge in [0.25, 0.3) is 5.56 Å². The van der Waals surface area contributed by atoms with Crippen molar-refractivity contribution in [1.29, 1.82) is 0 Å². The van der Waals surface area contributed by atoms with Crippen molar-refractivity contribution in [3.05, 3.63) is 64.4 Å². The van der Waals surface area contributed by atoms with E-state index in [0.717, 1.165) is 47.4 Å². The van der Waals surface area contributed by atoms with E-state index in [9.17, 15) is 9.90 Å². The van der Waals surface area contributed by atoms with Crippen LogP contribution in [-0.2, 0) is 6.54 Å². The number of benzene rings is 2. The molecule has 1 aliphatic heterocycles. The highest BCUT2D eigenvalue weighted by Gasteiger charge is 2.17. The Hall–Kier alpha value is -2.99. The van der Waals surface area contributed by atoms with Gasteiger partial charge in [-0.1, -0.05) is 0 Å². The van der Waals surface area contributed by atoms with Gasteiger partial charge in [0.1, 0.15) is 5.75 Å². The lowest BCUT2D eigenvalue weighted by molar-refractivity contribution is 0.154. The third-order valence-corrected chi connectivity index (χ3v) is 5.24. The average Bonchev–Trinajstić information content (AvgIpc) is 2.72. The second-order valence-corrected chi connectivity index (χ2v) is 7.22. The molecule has 4 rings (SSSR count). The summed E-state index contributed by atoms with van der Waals surface area (Å²) < 4.78 is 5.21. The highest BCUT2D eigenvalue weighted by Crippen LogP contribution is 2.23. The minimum absolute atomic E-state index is 0.104. The van der Waals surface area contributed by atoms with Crippen LogP contribution in [0.3, 0.4) is 0 Å². The average molecular weight is 379 g/mol. The first-order valence-corrected chi connectivity index (χ1v) is 9.59. The smallest absolute Gasteiger partial charge is 0.253 e. The molecule has 3 aromatic rings. The van der Waals surface area contributed by atoms with Crippen LogP contribution < -0.4 is 20.5 Å². The van der Waals surface area contributed by atoms with Gasteiger partial charge in [-0.05, 0) is 60.7 Å². The standard InChI is InChI=1S/C22H25N3O3/c1-28-20-9-4-15-11-16(22(27)24-21(15)12-20)13-23-17-5-7-18(8-6-17)25-10-2-3-19(26)14-25/h4-9,11-12,19,23,26H,2-3,10,13-14H2,1H3,(H,24,27). The number of fused-ring (bicyclic) bond motifs is 1. The maximum Gasteiger partial charge on any atom is 0.253 e. The normalized spacial score (nSPS) is 16.9. The molecule has 1 unspecified atom stereocenters. The SMILES string of the molecule is COc1ccc2cc(CNc3ccc(N4CCCC(O)C4)cc3)c(=O)[nH]c2c1. The molecule has 3 N–H and O–H groups in total. The van der Waals surface area contributed by atoms with E-state index >= 15 is 0 Å². The van der Waals surface area contributed by atoms with Gasteiger partial charge in [-0.15, -0.1) is 0 Å². The number of anilines is 2. The Balaban J connectivity index is 1.45. The molecule has 1 aliphatic rings. The number of β-amino-alcohol motifs (C(OH)–C–C–N with tert-alkyl or cyclic N) is 1. The summed E-state index contributed by atoms with van der Waals surface area (Å²) >= 11 is 0. The molecular weight excluding hydrogens is 354 g/mol. The lowest BCUT2D eigenvalue weighted by Gasteiger charge is -2.32. The van der Waals surface area contributed by atoms with E-state index in [1.165, 1.54) is 0 Å². The zero-order chi connectivity index (χ0) is 19.5. The van der Waals surface area contributed by atoms with Gasteiger partial charge in [0.15, 0.2) is 0 Å². The molecule has 0 bridgehead atoms. The van der Waals surface area contributed by atoms with Crippen LogP contribution in [0.4, 0.5) is 11.4 Å². The summed E-state index contributed by atoms with van der Waals surface area (Å²) in [6, 6.07) is 15.7. The number of piperidine rings is 1. The first kappa shape index (κ1) is 18.4. The molecule has 1 saturated heterocycles. The van der Waals surface area contributed by atoms with Gasteiger partial charge < -0.3 is 25.0 Å². The quantitative estimate of drug-likeness (QED) is 0.635. The number of H-pyrrole nitrogens is 1. The third-order valence-electron chi connectivity index (χ3n) is 5.24. The largest absolute Gasteiger partial charge is 0.497 e. The number of nitrogens with one attached hydrogen (secondary N) is 2. The van der Waals surface area contributed by atoms with Gasteiger partial charge in [-0.3, -0.25) is 4.79 Å². The van der Waals surface area contributed by atoms with E-state index in [1.807, 2.05) is 36.4 Å². The predicted octanol–water partition coefficient (Wildman–Crippen LogP) is 3.11. The van der Waals surface area contributed by atoms with Crippen molar-refractivity contribution in [3.8, 4) is 5.75 Å². The molecule has 2 aromatic carbocycles. The molecule has 1 aromatic heterocycles. The van der Waals surface area contributed by atoms with Gasteiger partial charge in [-0.25, -0.2) is 0 Å². The lowest BCUT2D eigenvalue weighted by atomic mass is 10.1. The fourth-order valence-corrected chi connectivity index (χ4v) is 3.66. The summed E-state index contributed by atoms with van der Waals surface area (Å²) in [5, 5.41) is 14.1. The number of methoxy groups -OCH3 is 1. The van der Waals surface area contributed by atoms with Crippen LogP contribution in [0, 0.1) is 0 Å². The Morgan fingerprint density at radius 2 is 2.04 bits per heavy atom. The Kier molecular flexibility index (Phi) is 5.21. The van der Waals surface area contributed by atoms with Crippen LogP contribution in [0.2, 0.25) is 0 Å². The third kappa shape index (κ3) is 3.97. The Morgan fingerprint density at radius 3 is 2.79 bits per heavy atom. The molecule has 1 fully saturated rings. The number of aromatic nitrogens is 1. The fraction of sp³-hybridized carbons (Fsp3) is 0.318. The summed E-state index contributed by atoms with van der Waals surface area (Å²) in [5.74, 6) is 0.718. The highest BCUT2D eigenvalue weighted by molar-refractivity contribution is 5.80. The van der Waals surface area contributed by atoms with Crippen molar-refractivity contribution < 1.29 is 9.84 Å². The topological polar surface area (TPSA) is 77.6 Å². The van der Waals surface area contributed by atoms with Crippen LogP contribution >= 0.6 is 0 Å². The van der Waals surface area contributed by atoms with E-state index in [-0.39, 0.29) is 11.7 Å². The van der Waals surface area contributed by atoms with Crippen molar-refractivity contribution in [3.63, 3.8) is 0 Å². The molecule has 2 heterocycles. The summed E-state index contributed by atoms with van der Waals surface area (Å²) in [4.78, 5) is 17.5. The van der Waals surface area contributed by atoms with Gasteiger partial charge in [0, 0.05) is 42.6 Å². The number of nitrogens with zero attached hydrogens (tertiary/aromatic N) is 1. The number of pyridine rings is 1. The lowest BCUT2D eigenvalue weighted by Crippen LogP contribution is -2.38. The van der Waals surface area contributed by atoms with Crippen molar-refractivity contribution in [1.82, 2.24) is 4.98 Å². The highest BCUT2D eigenvalue weighted by atomic mass is 16.5. The van der Waals surface area contributed by atoms with Crippen LogP contribution in [0.1, 0.15) is 18.4 Å².